The number of hydrogen-bond acceptors (Lipinski definition) is 3. The molecule has 1 aliphatic rings. The Bertz CT molecular complexity index is 264. The zero-order chi connectivity index (χ0) is 13.1. The topological polar surface area (TPSA) is 50.4 Å². The smallest absolute Gasteiger partial charge is 0.237 e. The average Bonchev–Trinajstić information content (AvgIpc) is 2.74. The van der Waals surface area contributed by atoms with Crippen LogP contribution in [0.4, 0.5) is 0 Å². The number of amides is 1. The second kappa shape index (κ2) is 5.83. The fourth-order valence-corrected chi connectivity index (χ4v) is 1.72. The summed E-state index contributed by atoms with van der Waals surface area (Å²) < 4.78 is 5.23. The second-order valence-corrected chi connectivity index (χ2v) is 5.92. The van der Waals surface area contributed by atoms with Crippen LogP contribution in [0.1, 0.15) is 34.1 Å². The van der Waals surface area contributed by atoms with E-state index in [0.29, 0.717) is 5.92 Å². The third-order valence-corrected chi connectivity index (χ3v) is 4.02. The van der Waals surface area contributed by atoms with Crippen molar-refractivity contribution in [3.8, 4) is 0 Å². The number of carbonyl (C=O) groups excluding carboxylic acids is 1. The van der Waals surface area contributed by atoms with Crippen molar-refractivity contribution in [3.63, 3.8) is 0 Å². The van der Waals surface area contributed by atoms with Crippen LogP contribution in [0, 0.1) is 11.3 Å². The predicted octanol–water partition coefficient (Wildman–Crippen LogP) is 1.16. The Kier molecular flexibility index (Phi) is 4.95. The third-order valence-electron chi connectivity index (χ3n) is 4.02. The summed E-state index contributed by atoms with van der Waals surface area (Å²) in [5.41, 5.74) is 0.134. The summed E-state index contributed by atoms with van der Waals surface area (Å²) in [7, 11) is 1.69. The van der Waals surface area contributed by atoms with Gasteiger partial charge in [0.05, 0.1) is 12.1 Å². The monoisotopic (exact) mass is 242 g/mol. The summed E-state index contributed by atoms with van der Waals surface area (Å²) in [6.07, 6.45) is 0.939. The minimum absolute atomic E-state index is 0.0945. The van der Waals surface area contributed by atoms with E-state index in [4.69, 9.17) is 4.74 Å². The van der Waals surface area contributed by atoms with Gasteiger partial charge in [-0.15, -0.1) is 0 Å². The molecule has 4 heteroatoms. The van der Waals surface area contributed by atoms with Crippen molar-refractivity contribution < 1.29 is 9.53 Å². The van der Waals surface area contributed by atoms with E-state index < -0.39 is 0 Å². The Hall–Kier alpha value is -0.610. The number of rotatable bonds is 5. The molecule has 1 saturated heterocycles. The Morgan fingerprint density at radius 2 is 2.18 bits per heavy atom. The van der Waals surface area contributed by atoms with Gasteiger partial charge in [0.25, 0.3) is 0 Å². The third kappa shape index (κ3) is 3.96. The number of ether oxygens (including phenoxy) is 1. The standard InChI is InChI=1S/C13H26N2O2/c1-9(2)13(3,4)8-15-12(16)11-6-10(17-5)7-14-11/h9-11,14H,6-8H2,1-5H3,(H,15,16). The first-order valence-electron chi connectivity index (χ1n) is 6.40. The molecule has 2 atom stereocenters. The summed E-state index contributed by atoms with van der Waals surface area (Å²) in [5, 5.41) is 6.22. The van der Waals surface area contributed by atoms with E-state index in [-0.39, 0.29) is 23.5 Å². The predicted molar refractivity (Wildman–Crippen MR) is 68.8 cm³/mol. The van der Waals surface area contributed by atoms with Gasteiger partial charge in [-0.3, -0.25) is 4.79 Å². The van der Waals surface area contributed by atoms with E-state index in [1.54, 1.807) is 7.11 Å². The summed E-state index contributed by atoms with van der Waals surface area (Å²) in [4.78, 5) is 11.9. The van der Waals surface area contributed by atoms with Gasteiger partial charge in [0.2, 0.25) is 5.91 Å². The first-order valence-corrected chi connectivity index (χ1v) is 6.40. The maximum Gasteiger partial charge on any atom is 0.237 e. The van der Waals surface area contributed by atoms with Crippen molar-refractivity contribution in [3.05, 3.63) is 0 Å². The van der Waals surface area contributed by atoms with E-state index in [2.05, 4.69) is 38.3 Å². The molecule has 0 radical (unpaired) electrons. The maximum atomic E-state index is 11.9. The zero-order valence-corrected chi connectivity index (χ0v) is 11.7. The number of carbonyl (C=O) groups is 1. The van der Waals surface area contributed by atoms with Crippen molar-refractivity contribution in [1.29, 1.82) is 0 Å². The average molecular weight is 242 g/mol. The minimum Gasteiger partial charge on any atom is -0.380 e. The van der Waals surface area contributed by atoms with E-state index >= 15 is 0 Å². The molecule has 1 aliphatic heterocycles. The molecular weight excluding hydrogens is 216 g/mol. The van der Waals surface area contributed by atoms with Gasteiger partial charge in [-0.05, 0) is 17.8 Å². The van der Waals surface area contributed by atoms with Gasteiger partial charge in [0, 0.05) is 20.2 Å². The van der Waals surface area contributed by atoms with Crippen LogP contribution in [0.15, 0.2) is 0 Å². The van der Waals surface area contributed by atoms with E-state index in [1.807, 2.05) is 0 Å². The number of nitrogens with one attached hydrogen (secondary N) is 2. The lowest BCUT2D eigenvalue weighted by Gasteiger charge is -2.29. The fraction of sp³-hybridized carbons (Fsp3) is 0.923. The van der Waals surface area contributed by atoms with Gasteiger partial charge in [-0.2, -0.15) is 0 Å². The summed E-state index contributed by atoms with van der Waals surface area (Å²) in [5.74, 6) is 0.643. The fourth-order valence-electron chi connectivity index (χ4n) is 1.72. The van der Waals surface area contributed by atoms with Crippen molar-refractivity contribution in [1.82, 2.24) is 10.6 Å². The van der Waals surface area contributed by atoms with Crippen LogP contribution in [-0.4, -0.2) is 38.3 Å². The molecule has 1 heterocycles. The van der Waals surface area contributed by atoms with Crippen molar-refractivity contribution >= 4 is 5.91 Å². The SMILES string of the molecule is COC1CNC(C(=O)NCC(C)(C)C(C)C)C1. The van der Waals surface area contributed by atoms with Crippen LogP contribution in [-0.2, 0) is 9.53 Å². The van der Waals surface area contributed by atoms with Gasteiger partial charge >= 0.3 is 0 Å². The van der Waals surface area contributed by atoms with Gasteiger partial charge in [-0.25, -0.2) is 0 Å². The van der Waals surface area contributed by atoms with E-state index in [1.165, 1.54) is 0 Å². The highest BCUT2D eigenvalue weighted by Crippen LogP contribution is 2.24. The van der Waals surface area contributed by atoms with Crippen molar-refractivity contribution in [2.24, 2.45) is 11.3 Å². The Labute approximate surface area is 104 Å². The molecule has 0 aliphatic carbocycles. The molecule has 0 bridgehead atoms. The molecule has 2 unspecified atom stereocenters. The highest BCUT2D eigenvalue weighted by molar-refractivity contribution is 5.82. The van der Waals surface area contributed by atoms with Crippen molar-refractivity contribution in [2.75, 3.05) is 20.2 Å². The highest BCUT2D eigenvalue weighted by atomic mass is 16.5. The molecule has 0 aromatic heterocycles. The summed E-state index contributed by atoms with van der Waals surface area (Å²) in [6, 6.07) is -0.0945. The molecule has 2 N–H and O–H groups in total. The zero-order valence-electron chi connectivity index (χ0n) is 11.7. The van der Waals surface area contributed by atoms with Crippen LogP contribution >= 0.6 is 0 Å². The lowest BCUT2D eigenvalue weighted by molar-refractivity contribution is -0.123. The maximum absolute atomic E-state index is 11.9. The minimum atomic E-state index is -0.0945. The van der Waals surface area contributed by atoms with Crippen LogP contribution in [0.2, 0.25) is 0 Å². The summed E-state index contributed by atoms with van der Waals surface area (Å²) in [6.45, 7) is 10.2. The molecule has 4 nitrogen and oxygen atoms in total. The van der Waals surface area contributed by atoms with E-state index in [9.17, 15) is 4.79 Å². The quantitative estimate of drug-likeness (QED) is 0.760. The molecule has 1 amide bonds. The molecule has 0 aromatic rings. The van der Waals surface area contributed by atoms with Gasteiger partial charge in [-0.1, -0.05) is 27.7 Å². The number of hydrogen-bond donors (Lipinski definition) is 2. The lowest BCUT2D eigenvalue weighted by Crippen LogP contribution is -2.45. The molecular formula is C13H26N2O2. The first-order chi connectivity index (χ1) is 7.86. The molecule has 100 valence electrons. The van der Waals surface area contributed by atoms with Crippen molar-refractivity contribution in [2.45, 2.75) is 46.3 Å². The molecule has 1 rings (SSSR count). The first kappa shape index (κ1) is 14.5. The van der Waals surface area contributed by atoms with Crippen LogP contribution < -0.4 is 10.6 Å². The molecule has 0 aromatic carbocycles. The Balaban J connectivity index is 2.36. The molecule has 0 spiro atoms. The van der Waals surface area contributed by atoms with E-state index in [0.717, 1.165) is 19.5 Å². The Morgan fingerprint density at radius 3 is 2.65 bits per heavy atom. The molecule has 0 saturated carbocycles. The van der Waals surface area contributed by atoms with Gasteiger partial charge in [0.15, 0.2) is 0 Å². The molecule has 1 fully saturated rings. The van der Waals surface area contributed by atoms with Gasteiger partial charge in [0.1, 0.15) is 0 Å². The summed E-state index contributed by atoms with van der Waals surface area (Å²) >= 11 is 0. The van der Waals surface area contributed by atoms with Crippen LogP contribution in [0.25, 0.3) is 0 Å². The number of methoxy groups -OCH3 is 1. The van der Waals surface area contributed by atoms with Crippen LogP contribution in [0.5, 0.6) is 0 Å². The Morgan fingerprint density at radius 1 is 1.53 bits per heavy atom. The second-order valence-electron chi connectivity index (χ2n) is 5.92. The van der Waals surface area contributed by atoms with Crippen LogP contribution in [0.3, 0.4) is 0 Å². The normalized spacial score (nSPS) is 25.3. The highest BCUT2D eigenvalue weighted by Gasteiger charge is 2.30. The lowest BCUT2D eigenvalue weighted by atomic mass is 9.81. The molecule has 17 heavy (non-hydrogen) atoms. The van der Waals surface area contributed by atoms with Gasteiger partial charge < -0.3 is 15.4 Å². The largest absolute Gasteiger partial charge is 0.380 e.